The normalized spacial score (nSPS) is 16.4. The molecule has 1 aliphatic rings. The largest absolute Gasteiger partial charge is 0.330 e. The number of piperidine rings is 1. The van der Waals surface area contributed by atoms with Crippen LogP contribution in [0.15, 0.2) is 44.9 Å². The van der Waals surface area contributed by atoms with Crippen molar-refractivity contribution >= 4 is 10.0 Å². The predicted octanol–water partition coefficient (Wildman–Crippen LogP) is 1.43. The molecule has 8 heteroatoms. The zero-order valence-electron chi connectivity index (χ0n) is 16.6. The Bertz CT molecular complexity index is 1060. The molecule has 2 aromatic rings. The predicted molar refractivity (Wildman–Crippen MR) is 108 cm³/mol. The molecule has 1 aromatic heterocycles. The van der Waals surface area contributed by atoms with Crippen molar-refractivity contribution in [2.24, 2.45) is 20.0 Å². The van der Waals surface area contributed by atoms with E-state index < -0.39 is 21.3 Å². The zero-order chi connectivity index (χ0) is 20.5. The van der Waals surface area contributed by atoms with Crippen molar-refractivity contribution in [2.45, 2.75) is 37.5 Å². The number of rotatable bonds is 5. The molecule has 0 saturated carbocycles. The summed E-state index contributed by atoms with van der Waals surface area (Å²) in [6.45, 7) is 2.86. The van der Waals surface area contributed by atoms with E-state index in [1.807, 2.05) is 0 Å². The third kappa shape index (κ3) is 4.12. The number of nitrogens with zero attached hydrogens (tertiary/aromatic N) is 3. The second kappa shape index (κ2) is 8.05. The second-order valence-electron chi connectivity index (χ2n) is 7.62. The summed E-state index contributed by atoms with van der Waals surface area (Å²) in [5.41, 5.74) is 1.23. The monoisotopic (exact) mass is 405 g/mol. The van der Waals surface area contributed by atoms with Gasteiger partial charge in [0.05, 0.1) is 0 Å². The molecule has 1 fully saturated rings. The molecule has 0 radical (unpaired) electrons. The Morgan fingerprint density at radius 3 is 2.25 bits per heavy atom. The first-order chi connectivity index (χ1) is 13.2. The molecule has 0 spiro atoms. The third-order valence-electron chi connectivity index (χ3n) is 5.57. The maximum atomic E-state index is 12.9. The van der Waals surface area contributed by atoms with E-state index in [1.165, 1.54) is 29.5 Å². The summed E-state index contributed by atoms with van der Waals surface area (Å²) in [5, 5.41) is 0. The molecule has 28 heavy (non-hydrogen) atoms. The van der Waals surface area contributed by atoms with E-state index in [1.54, 1.807) is 0 Å². The van der Waals surface area contributed by atoms with Gasteiger partial charge in [-0.15, -0.1) is 0 Å². The van der Waals surface area contributed by atoms with Crippen molar-refractivity contribution in [3.05, 3.63) is 62.4 Å². The number of aromatic nitrogens is 2. The lowest BCUT2D eigenvalue weighted by Crippen LogP contribution is -2.44. The maximum Gasteiger partial charge on any atom is 0.330 e. The quantitative estimate of drug-likeness (QED) is 0.754. The lowest BCUT2D eigenvalue weighted by molar-refractivity contribution is 0.263. The third-order valence-corrected chi connectivity index (χ3v) is 7.45. The maximum absolute atomic E-state index is 12.9. The van der Waals surface area contributed by atoms with Gasteiger partial charge in [-0.25, -0.2) is 13.2 Å². The van der Waals surface area contributed by atoms with E-state index in [4.69, 9.17) is 0 Å². The van der Waals surface area contributed by atoms with Crippen LogP contribution in [0.2, 0.25) is 0 Å². The van der Waals surface area contributed by atoms with Crippen LogP contribution in [0.1, 0.15) is 30.4 Å². The van der Waals surface area contributed by atoms with Crippen molar-refractivity contribution in [3.8, 4) is 0 Å². The first-order valence-electron chi connectivity index (χ1n) is 9.52. The van der Waals surface area contributed by atoms with E-state index in [-0.39, 0.29) is 4.90 Å². The van der Waals surface area contributed by atoms with Gasteiger partial charge >= 0.3 is 5.69 Å². The highest BCUT2D eigenvalue weighted by Gasteiger charge is 2.32. The molecule has 7 nitrogen and oxygen atoms in total. The average Bonchev–Trinajstić information content (AvgIpc) is 2.69. The van der Waals surface area contributed by atoms with Crippen LogP contribution in [0, 0.1) is 12.8 Å². The first-order valence-corrected chi connectivity index (χ1v) is 11.0. The van der Waals surface area contributed by atoms with Crippen LogP contribution in [0.4, 0.5) is 0 Å². The highest BCUT2D eigenvalue weighted by molar-refractivity contribution is 7.89. The van der Waals surface area contributed by atoms with Gasteiger partial charge in [0.2, 0.25) is 10.0 Å². The van der Waals surface area contributed by atoms with E-state index in [0.717, 1.165) is 41.0 Å². The van der Waals surface area contributed by atoms with Gasteiger partial charge < -0.3 is 4.57 Å². The Hall–Kier alpha value is -2.19. The van der Waals surface area contributed by atoms with Crippen molar-refractivity contribution in [1.29, 1.82) is 0 Å². The second-order valence-corrected chi connectivity index (χ2v) is 9.53. The van der Waals surface area contributed by atoms with Crippen molar-refractivity contribution in [2.75, 3.05) is 13.1 Å². The summed E-state index contributed by atoms with van der Waals surface area (Å²) >= 11 is 0. The van der Waals surface area contributed by atoms with Crippen LogP contribution >= 0.6 is 0 Å². The molecular formula is C20H27N3O4S. The van der Waals surface area contributed by atoms with E-state index in [2.05, 4.69) is 31.2 Å². The van der Waals surface area contributed by atoms with E-state index >= 15 is 0 Å². The minimum absolute atomic E-state index is 0.338. The lowest BCUT2D eigenvalue weighted by Gasteiger charge is -2.31. The molecule has 0 amide bonds. The molecule has 0 unspecified atom stereocenters. The Labute approximate surface area is 165 Å². The van der Waals surface area contributed by atoms with Crippen molar-refractivity contribution in [3.63, 3.8) is 0 Å². The Balaban J connectivity index is 1.66. The SMILES string of the molecule is Cc1ccc(CCC2CCN(S(=O)(=O)c3cn(C)c(=O)n(C)c3=O)CC2)cc1. The molecule has 152 valence electrons. The van der Waals surface area contributed by atoms with Crippen LogP contribution in [0.3, 0.4) is 0 Å². The molecule has 1 aliphatic heterocycles. The minimum atomic E-state index is -3.91. The van der Waals surface area contributed by atoms with Gasteiger partial charge in [-0.1, -0.05) is 29.8 Å². The number of benzene rings is 1. The number of sulfonamides is 1. The lowest BCUT2D eigenvalue weighted by atomic mass is 9.91. The van der Waals surface area contributed by atoms with Gasteiger partial charge in [0, 0.05) is 33.4 Å². The molecular weight excluding hydrogens is 378 g/mol. The number of aryl methyl sites for hydroxylation is 3. The first kappa shape index (κ1) is 20.5. The van der Waals surface area contributed by atoms with Crippen LogP contribution < -0.4 is 11.2 Å². The van der Waals surface area contributed by atoms with Gasteiger partial charge in [0.1, 0.15) is 0 Å². The van der Waals surface area contributed by atoms with Gasteiger partial charge in [0.25, 0.3) is 5.56 Å². The smallest absolute Gasteiger partial charge is 0.302 e. The fourth-order valence-electron chi connectivity index (χ4n) is 3.65. The molecule has 1 saturated heterocycles. The van der Waals surface area contributed by atoms with Gasteiger partial charge in [0.15, 0.2) is 4.90 Å². The molecule has 0 bridgehead atoms. The molecule has 2 heterocycles. The minimum Gasteiger partial charge on any atom is -0.302 e. The molecule has 3 rings (SSSR count). The molecule has 1 aromatic carbocycles. The summed E-state index contributed by atoms with van der Waals surface area (Å²) in [4.78, 5) is 23.8. The zero-order valence-corrected chi connectivity index (χ0v) is 17.4. The summed E-state index contributed by atoms with van der Waals surface area (Å²) in [6.07, 6.45) is 4.69. The summed E-state index contributed by atoms with van der Waals surface area (Å²) in [7, 11) is -1.17. The van der Waals surface area contributed by atoms with Crippen molar-refractivity contribution in [1.82, 2.24) is 13.4 Å². The summed E-state index contributed by atoms with van der Waals surface area (Å²) in [5.74, 6) is 0.468. The highest BCUT2D eigenvalue weighted by atomic mass is 32.2. The Kier molecular flexibility index (Phi) is 5.90. The van der Waals surface area contributed by atoms with Crippen LogP contribution in [-0.4, -0.2) is 34.9 Å². The topological polar surface area (TPSA) is 81.4 Å². The molecule has 0 N–H and O–H groups in total. The standard InChI is InChI=1S/C20H27N3O4S/c1-15-4-6-16(7-5-15)8-9-17-10-12-23(13-11-17)28(26,27)18-14-21(2)20(25)22(3)19(18)24/h4-7,14,17H,8-13H2,1-3H3. The highest BCUT2D eigenvalue weighted by Crippen LogP contribution is 2.25. The molecule has 0 atom stereocenters. The fraction of sp³-hybridized carbons (Fsp3) is 0.500. The van der Waals surface area contributed by atoms with Crippen molar-refractivity contribution < 1.29 is 8.42 Å². The number of hydrogen-bond acceptors (Lipinski definition) is 4. The fourth-order valence-corrected chi connectivity index (χ4v) is 5.27. The van der Waals surface area contributed by atoms with Crippen LogP contribution in [0.5, 0.6) is 0 Å². The van der Waals surface area contributed by atoms with Crippen LogP contribution in [-0.2, 0) is 30.5 Å². The Morgan fingerprint density at radius 2 is 1.64 bits per heavy atom. The van der Waals surface area contributed by atoms with Gasteiger partial charge in [-0.05, 0) is 44.1 Å². The van der Waals surface area contributed by atoms with E-state index in [0.29, 0.717) is 19.0 Å². The summed E-state index contributed by atoms with van der Waals surface area (Å²) < 4.78 is 29.2. The molecule has 0 aliphatic carbocycles. The van der Waals surface area contributed by atoms with Gasteiger partial charge in [-0.3, -0.25) is 9.36 Å². The van der Waals surface area contributed by atoms with Gasteiger partial charge in [-0.2, -0.15) is 4.31 Å². The Morgan fingerprint density at radius 1 is 1.04 bits per heavy atom. The summed E-state index contributed by atoms with van der Waals surface area (Å²) in [6, 6.07) is 8.51. The van der Waals surface area contributed by atoms with Crippen LogP contribution in [0.25, 0.3) is 0 Å². The van der Waals surface area contributed by atoms with E-state index in [9.17, 15) is 18.0 Å². The number of hydrogen-bond donors (Lipinski definition) is 0. The average molecular weight is 406 g/mol.